The summed E-state index contributed by atoms with van der Waals surface area (Å²) in [5.41, 5.74) is 1.54. The van der Waals surface area contributed by atoms with Crippen LogP contribution in [0.25, 0.3) is 0 Å². The molecular formula is C18H25N5O3S2. The maximum atomic E-state index is 12.5. The van der Waals surface area contributed by atoms with E-state index in [1.807, 2.05) is 0 Å². The lowest BCUT2D eigenvalue weighted by atomic mass is 9.88. The van der Waals surface area contributed by atoms with Crippen molar-refractivity contribution in [1.82, 2.24) is 20.2 Å². The second-order valence-electron chi connectivity index (χ2n) is 7.42. The maximum Gasteiger partial charge on any atom is 0.341 e. The summed E-state index contributed by atoms with van der Waals surface area (Å²) in [5, 5.41) is 15.7. The van der Waals surface area contributed by atoms with Gasteiger partial charge in [-0.15, -0.1) is 16.4 Å². The number of thioether (sulfide) groups is 1. The summed E-state index contributed by atoms with van der Waals surface area (Å²) in [6.45, 7) is 7.06. The van der Waals surface area contributed by atoms with Gasteiger partial charge in [-0.2, -0.15) is 0 Å². The highest BCUT2D eigenvalue weighted by Gasteiger charge is 2.29. The van der Waals surface area contributed by atoms with Crippen LogP contribution in [-0.4, -0.2) is 44.9 Å². The Kier molecular flexibility index (Phi) is 6.71. The maximum absolute atomic E-state index is 12.5. The zero-order chi connectivity index (χ0) is 20.3. The molecule has 3 rings (SSSR count). The summed E-state index contributed by atoms with van der Waals surface area (Å²) in [6, 6.07) is 0. The van der Waals surface area contributed by atoms with Gasteiger partial charge in [-0.1, -0.05) is 32.5 Å². The van der Waals surface area contributed by atoms with E-state index in [1.165, 1.54) is 35.1 Å². The summed E-state index contributed by atoms with van der Waals surface area (Å²) < 4.78 is 6.66. The van der Waals surface area contributed by atoms with Gasteiger partial charge in [-0.3, -0.25) is 4.79 Å². The Hall–Kier alpha value is -1.94. The summed E-state index contributed by atoms with van der Waals surface area (Å²) in [6.07, 6.45) is 2.81. The molecule has 0 radical (unpaired) electrons. The fourth-order valence-corrected chi connectivity index (χ4v) is 5.31. The molecule has 1 N–H and O–H groups in total. The monoisotopic (exact) mass is 423 g/mol. The molecule has 1 atom stereocenters. The van der Waals surface area contributed by atoms with Crippen molar-refractivity contribution < 1.29 is 14.3 Å². The highest BCUT2D eigenvalue weighted by molar-refractivity contribution is 7.99. The van der Waals surface area contributed by atoms with Crippen molar-refractivity contribution in [3.63, 3.8) is 0 Å². The Labute approximate surface area is 172 Å². The van der Waals surface area contributed by atoms with Gasteiger partial charge in [0, 0.05) is 11.4 Å². The fraction of sp³-hybridized carbons (Fsp3) is 0.611. The molecule has 0 saturated carbocycles. The number of hydrogen-bond acceptors (Lipinski definition) is 8. The molecule has 0 saturated heterocycles. The Bertz CT molecular complexity index is 862. The molecule has 2 aromatic rings. The summed E-state index contributed by atoms with van der Waals surface area (Å²) in [7, 11) is 1.37. The minimum atomic E-state index is -0.393. The minimum Gasteiger partial charge on any atom is -0.465 e. The van der Waals surface area contributed by atoms with Gasteiger partial charge in [0.1, 0.15) is 5.00 Å². The molecule has 0 spiro atoms. The number of rotatable bonds is 7. The van der Waals surface area contributed by atoms with Gasteiger partial charge in [-0.25, -0.2) is 9.48 Å². The largest absolute Gasteiger partial charge is 0.465 e. The topological polar surface area (TPSA) is 99.0 Å². The Balaban J connectivity index is 1.70. The molecule has 8 nitrogen and oxygen atoms in total. The lowest BCUT2D eigenvalue weighted by molar-refractivity contribution is -0.113. The number of carbonyl (C=O) groups excluding carboxylic acids is 2. The number of nitrogens with one attached hydrogen (secondary N) is 1. The summed E-state index contributed by atoms with van der Waals surface area (Å²) >= 11 is 2.77. The first-order chi connectivity index (χ1) is 13.4. The number of aromatic nitrogens is 4. The Morgan fingerprint density at radius 1 is 1.43 bits per heavy atom. The highest BCUT2D eigenvalue weighted by Crippen LogP contribution is 2.40. The van der Waals surface area contributed by atoms with Crippen LogP contribution in [0, 0.1) is 11.8 Å². The molecule has 2 aromatic heterocycles. The van der Waals surface area contributed by atoms with Crippen LogP contribution in [0.1, 0.15) is 48.0 Å². The molecule has 0 aliphatic heterocycles. The van der Waals surface area contributed by atoms with E-state index in [0.717, 1.165) is 24.8 Å². The predicted molar refractivity (Wildman–Crippen MR) is 109 cm³/mol. The number of ether oxygens (including phenoxy) is 1. The van der Waals surface area contributed by atoms with Crippen LogP contribution < -0.4 is 5.32 Å². The number of methoxy groups -OCH3 is 1. The lowest BCUT2D eigenvalue weighted by Crippen LogP contribution is -2.17. The van der Waals surface area contributed by atoms with E-state index in [2.05, 4.69) is 41.6 Å². The Morgan fingerprint density at radius 3 is 2.93 bits per heavy atom. The smallest absolute Gasteiger partial charge is 0.341 e. The van der Waals surface area contributed by atoms with Crippen molar-refractivity contribution in [2.45, 2.75) is 51.7 Å². The van der Waals surface area contributed by atoms with Crippen LogP contribution in [0.2, 0.25) is 0 Å². The van der Waals surface area contributed by atoms with Gasteiger partial charge in [0.15, 0.2) is 0 Å². The fourth-order valence-electron chi connectivity index (χ4n) is 3.21. The normalized spacial score (nSPS) is 16.1. The zero-order valence-electron chi connectivity index (χ0n) is 16.5. The van der Waals surface area contributed by atoms with Crippen molar-refractivity contribution in [3.05, 3.63) is 16.0 Å². The van der Waals surface area contributed by atoms with Gasteiger partial charge in [0.2, 0.25) is 11.1 Å². The molecule has 1 amide bonds. The first-order valence-corrected chi connectivity index (χ1v) is 11.1. The molecule has 1 unspecified atom stereocenters. The van der Waals surface area contributed by atoms with E-state index in [0.29, 0.717) is 34.1 Å². The van der Waals surface area contributed by atoms with Crippen molar-refractivity contribution in [3.8, 4) is 0 Å². The quantitative estimate of drug-likeness (QED) is 0.540. The molecule has 10 heteroatoms. The number of thiophene rings is 1. The van der Waals surface area contributed by atoms with Gasteiger partial charge in [0.05, 0.1) is 18.4 Å². The minimum absolute atomic E-state index is 0.165. The number of amides is 1. The number of esters is 1. The second kappa shape index (κ2) is 9.04. The molecule has 2 heterocycles. The van der Waals surface area contributed by atoms with Crippen molar-refractivity contribution >= 4 is 40.0 Å². The molecule has 0 aromatic carbocycles. The van der Waals surface area contributed by atoms with Crippen LogP contribution >= 0.6 is 23.1 Å². The second-order valence-corrected chi connectivity index (χ2v) is 9.47. The molecule has 1 aliphatic carbocycles. The molecule has 0 fully saturated rings. The van der Waals surface area contributed by atoms with E-state index in [4.69, 9.17) is 4.74 Å². The molecule has 1 aliphatic rings. The molecule has 28 heavy (non-hydrogen) atoms. The van der Waals surface area contributed by atoms with Gasteiger partial charge < -0.3 is 10.1 Å². The third-order valence-corrected chi connectivity index (χ3v) is 6.65. The van der Waals surface area contributed by atoms with E-state index in [9.17, 15) is 9.59 Å². The summed E-state index contributed by atoms with van der Waals surface area (Å²) in [5.74, 6) is 0.560. The first-order valence-electron chi connectivity index (χ1n) is 9.30. The average Bonchev–Trinajstić information content (AvgIpc) is 3.22. The average molecular weight is 424 g/mol. The van der Waals surface area contributed by atoms with Crippen molar-refractivity contribution in [2.75, 3.05) is 18.2 Å². The zero-order valence-corrected chi connectivity index (χ0v) is 18.2. The number of anilines is 1. The molecule has 152 valence electrons. The van der Waals surface area contributed by atoms with Crippen LogP contribution in [0.15, 0.2) is 5.16 Å². The van der Waals surface area contributed by atoms with Crippen LogP contribution in [-0.2, 0) is 28.9 Å². The lowest BCUT2D eigenvalue weighted by Gasteiger charge is -2.18. The standard InChI is InChI=1S/C18H25N5O3S2/c1-10(2)8-23-18(20-21-22-23)27-9-14(24)19-16-15(17(25)26-4)12-6-5-11(3)7-13(12)28-16/h10-11H,5-9H2,1-4H3,(H,19,24). The number of nitrogens with zero attached hydrogens (tertiary/aromatic N) is 4. The third-order valence-electron chi connectivity index (χ3n) is 4.52. The highest BCUT2D eigenvalue weighted by atomic mass is 32.2. The van der Waals surface area contributed by atoms with Crippen molar-refractivity contribution in [2.24, 2.45) is 11.8 Å². The van der Waals surface area contributed by atoms with Gasteiger partial charge in [-0.05, 0) is 47.1 Å². The molecule has 0 bridgehead atoms. The summed E-state index contributed by atoms with van der Waals surface area (Å²) in [4.78, 5) is 26.0. The number of tetrazole rings is 1. The van der Waals surface area contributed by atoms with Crippen molar-refractivity contribution in [1.29, 1.82) is 0 Å². The number of carbonyl (C=O) groups is 2. The predicted octanol–water partition coefficient (Wildman–Crippen LogP) is 3.03. The van der Waals surface area contributed by atoms with Gasteiger partial charge in [0.25, 0.3) is 0 Å². The van der Waals surface area contributed by atoms with E-state index in [1.54, 1.807) is 4.68 Å². The van der Waals surface area contributed by atoms with Crippen LogP contribution in [0.5, 0.6) is 0 Å². The number of fused-ring (bicyclic) bond motifs is 1. The van der Waals surface area contributed by atoms with Crippen LogP contribution in [0.4, 0.5) is 5.00 Å². The van der Waals surface area contributed by atoms with E-state index >= 15 is 0 Å². The van der Waals surface area contributed by atoms with Gasteiger partial charge >= 0.3 is 5.97 Å². The van der Waals surface area contributed by atoms with E-state index in [-0.39, 0.29) is 11.7 Å². The first kappa shape index (κ1) is 20.8. The molecular weight excluding hydrogens is 398 g/mol. The number of hydrogen-bond donors (Lipinski definition) is 1. The third kappa shape index (κ3) is 4.72. The SMILES string of the molecule is COC(=O)c1c(NC(=O)CSc2nnnn2CC(C)C)sc2c1CCC(C)C2. The van der Waals surface area contributed by atoms with E-state index < -0.39 is 5.97 Å². The Morgan fingerprint density at radius 2 is 2.21 bits per heavy atom. The van der Waals surface area contributed by atoms with Crippen LogP contribution in [0.3, 0.4) is 0 Å².